The van der Waals surface area contributed by atoms with Crippen molar-refractivity contribution in [1.29, 1.82) is 0 Å². The lowest BCUT2D eigenvalue weighted by atomic mass is 10.1. The van der Waals surface area contributed by atoms with Crippen LogP contribution in [0.1, 0.15) is 44.2 Å². The summed E-state index contributed by atoms with van der Waals surface area (Å²) >= 11 is 1.76. The lowest BCUT2D eigenvalue weighted by Crippen LogP contribution is -1.98. The van der Waals surface area contributed by atoms with Crippen LogP contribution in [-0.2, 0) is 13.0 Å². The molecular formula is C24H27F2NOS. The Balaban J connectivity index is 0.000000755. The van der Waals surface area contributed by atoms with Crippen LogP contribution in [0.4, 0.5) is 8.78 Å². The molecule has 0 bridgehead atoms. The molecule has 0 unspecified atom stereocenters. The van der Waals surface area contributed by atoms with E-state index in [9.17, 15) is 8.78 Å². The second kappa shape index (κ2) is 10.6. The molecule has 1 aliphatic rings. The van der Waals surface area contributed by atoms with Gasteiger partial charge in [0.1, 0.15) is 18.2 Å². The van der Waals surface area contributed by atoms with Gasteiger partial charge in [-0.1, -0.05) is 19.4 Å². The highest BCUT2D eigenvalue weighted by molar-refractivity contribution is 8.00. The van der Waals surface area contributed by atoms with Crippen molar-refractivity contribution in [2.45, 2.75) is 56.3 Å². The van der Waals surface area contributed by atoms with Gasteiger partial charge < -0.3 is 4.74 Å². The van der Waals surface area contributed by atoms with E-state index in [0.29, 0.717) is 11.9 Å². The largest absolute Gasteiger partial charge is 0.488 e. The molecule has 0 saturated heterocycles. The van der Waals surface area contributed by atoms with Crippen molar-refractivity contribution in [1.82, 2.24) is 4.98 Å². The first-order chi connectivity index (χ1) is 14.1. The predicted octanol–water partition coefficient (Wildman–Crippen LogP) is 7.14. The lowest BCUT2D eigenvalue weighted by molar-refractivity contribution is 0.309. The standard InChI is InChI=1S/C22H22FNOS.C2H5F/c1-2-3-15-4-7-20-21(12-15)24-9-8-22(20)25-14-16-10-17(23)13-19(11-16)26-18-5-6-18;1-2-3/h4,7-13,18H,2-3,5-6,14H2,1H3;2H2,1H3. The Hall–Kier alpha value is -2.14. The first kappa shape index (κ1) is 21.6. The van der Waals surface area contributed by atoms with Gasteiger partial charge in [0.15, 0.2) is 0 Å². The molecule has 0 aliphatic heterocycles. The molecule has 0 amide bonds. The number of hydrogen-bond donors (Lipinski definition) is 0. The zero-order valence-corrected chi connectivity index (χ0v) is 17.8. The van der Waals surface area contributed by atoms with Crippen LogP contribution in [0.25, 0.3) is 10.9 Å². The number of hydrogen-bond acceptors (Lipinski definition) is 3. The number of fused-ring (bicyclic) bond motifs is 1. The number of halogens is 2. The van der Waals surface area contributed by atoms with E-state index in [2.05, 4.69) is 30.1 Å². The van der Waals surface area contributed by atoms with Crippen LogP contribution in [0, 0.1) is 5.82 Å². The van der Waals surface area contributed by atoms with Crippen LogP contribution in [-0.4, -0.2) is 16.9 Å². The minimum atomic E-state index is -0.250. The molecule has 2 nitrogen and oxygen atoms in total. The summed E-state index contributed by atoms with van der Waals surface area (Å²) in [6, 6.07) is 13.4. The van der Waals surface area contributed by atoms with Gasteiger partial charge in [0, 0.05) is 21.7 Å². The molecule has 2 aromatic carbocycles. The SMILES string of the molecule is CCCc1ccc2c(OCc3cc(F)cc(SC4CC4)c3)ccnc2c1.CCF. The van der Waals surface area contributed by atoms with E-state index in [4.69, 9.17) is 4.74 Å². The quantitative estimate of drug-likeness (QED) is 0.409. The number of ether oxygens (including phenoxy) is 1. The van der Waals surface area contributed by atoms with Crippen molar-refractivity contribution in [2.24, 2.45) is 0 Å². The highest BCUT2D eigenvalue weighted by Gasteiger charge is 2.22. The van der Waals surface area contributed by atoms with Gasteiger partial charge in [0.05, 0.1) is 12.2 Å². The van der Waals surface area contributed by atoms with E-state index >= 15 is 0 Å². The van der Waals surface area contributed by atoms with Crippen molar-refractivity contribution < 1.29 is 13.5 Å². The summed E-state index contributed by atoms with van der Waals surface area (Å²) in [5, 5.41) is 1.66. The van der Waals surface area contributed by atoms with Crippen molar-refractivity contribution in [3.8, 4) is 5.75 Å². The molecule has 1 fully saturated rings. The molecule has 0 atom stereocenters. The van der Waals surface area contributed by atoms with Crippen LogP contribution in [0.2, 0.25) is 0 Å². The highest BCUT2D eigenvalue weighted by atomic mass is 32.2. The molecule has 5 heteroatoms. The van der Waals surface area contributed by atoms with Crippen LogP contribution in [0.5, 0.6) is 5.75 Å². The highest BCUT2D eigenvalue weighted by Crippen LogP contribution is 2.39. The summed E-state index contributed by atoms with van der Waals surface area (Å²) in [7, 11) is 0. The molecule has 0 N–H and O–H groups in total. The zero-order valence-electron chi connectivity index (χ0n) is 17.0. The molecule has 0 radical (unpaired) electrons. The fraction of sp³-hybridized carbons (Fsp3) is 0.375. The van der Waals surface area contributed by atoms with Gasteiger partial charge in [-0.05, 0) is 73.7 Å². The Morgan fingerprint density at radius 3 is 2.59 bits per heavy atom. The van der Waals surface area contributed by atoms with Crippen LogP contribution < -0.4 is 4.74 Å². The van der Waals surface area contributed by atoms with E-state index < -0.39 is 0 Å². The van der Waals surface area contributed by atoms with Crippen LogP contribution in [0.15, 0.2) is 53.6 Å². The van der Waals surface area contributed by atoms with Gasteiger partial charge in [0.2, 0.25) is 0 Å². The number of benzene rings is 2. The number of thioether (sulfide) groups is 1. The second-order valence-electron chi connectivity index (χ2n) is 7.08. The number of aromatic nitrogens is 1. The van der Waals surface area contributed by atoms with Crippen molar-refractivity contribution in [2.75, 3.05) is 6.67 Å². The van der Waals surface area contributed by atoms with E-state index in [0.717, 1.165) is 40.0 Å². The summed E-state index contributed by atoms with van der Waals surface area (Å²) < 4.78 is 30.2. The van der Waals surface area contributed by atoms with E-state index in [1.165, 1.54) is 25.3 Å². The first-order valence-corrected chi connectivity index (χ1v) is 11.0. The van der Waals surface area contributed by atoms with Gasteiger partial charge in [-0.3, -0.25) is 9.37 Å². The maximum Gasteiger partial charge on any atom is 0.130 e. The first-order valence-electron chi connectivity index (χ1n) is 10.2. The molecule has 1 heterocycles. The van der Waals surface area contributed by atoms with Gasteiger partial charge >= 0.3 is 0 Å². The van der Waals surface area contributed by atoms with E-state index in [1.807, 2.05) is 12.1 Å². The van der Waals surface area contributed by atoms with Crippen LogP contribution in [0.3, 0.4) is 0 Å². The zero-order chi connectivity index (χ0) is 20.6. The third kappa shape index (κ3) is 6.43. The maximum absolute atomic E-state index is 13.9. The Morgan fingerprint density at radius 2 is 1.86 bits per heavy atom. The fourth-order valence-corrected chi connectivity index (χ4v) is 4.21. The maximum atomic E-state index is 13.9. The normalized spacial score (nSPS) is 13.1. The number of pyridine rings is 1. The van der Waals surface area contributed by atoms with Gasteiger partial charge in [-0.25, -0.2) is 4.39 Å². The number of nitrogens with zero attached hydrogens (tertiary/aromatic N) is 1. The predicted molar refractivity (Wildman–Crippen MR) is 117 cm³/mol. The smallest absolute Gasteiger partial charge is 0.130 e. The van der Waals surface area contributed by atoms with Crippen molar-refractivity contribution in [3.05, 3.63) is 65.6 Å². The average molecular weight is 416 g/mol. The molecule has 1 aromatic heterocycles. The van der Waals surface area contributed by atoms with Crippen molar-refractivity contribution in [3.63, 3.8) is 0 Å². The Kier molecular flexibility index (Phi) is 7.87. The van der Waals surface area contributed by atoms with E-state index in [-0.39, 0.29) is 12.5 Å². The van der Waals surface area contributed by atoms with E-state index in [1.54, 1.807) is 30.1 Å². The second-order valence-corrected chi connectivity index (χ2v) is 8.45. The van der Waals surface area contributed by atoms with Crippen molar-refractivity contribution >= 4 is 22.7 Å². The molecule has 1 aliphatic carbocycles. The molecule has 4 rings (SSSR count). The topological polar surface area (TPSA) is 22.1 Å². The summed E-state index contributed by atoms with van der Waals surface area (Å²) in [5.74, 6) is 0.594. The number of rotatable bonds is 7. The van der Waals surface area contributed by atoms with Gasteiger partial charge in [-0.15, -0.1) is 11.8 Å². The summed E-state index contributed by atoms with van der Waals surface area (Å²) in [6.45, 7) is 3.73. The molecule has 29 heavy (non-hydrogen) atoms. The third-order valence-corrected chi connectivity index (χ3v) is 5.77. The van der Waals surface area contributed by atoms with Gasteiger partial charge in [0.25, 0.3) is 0 Å². The Morgan fingerprint density at radius 1 is 1.07 bits per heavy atom. The minimum Gasteiger partial charge on any atom is -0.488 e. The lowest BCUT2D eigenvalue weighted by Gasteiger charge is -2.11. The number of aryl methyl sites for hydroxylation is 1. The molecule has 154 valence electrons. The molecule has 1 saturated carbocycles. The monoisotopic (exact) mass is 415 g/mol. The van der Waals surface area contributed by atoms with Gasteiger partial charge in [-0.2, -0.15) is 0 Å². The average Bonchev–Trinajstić information content (AvgIpc) is 3.50. The Labute approximate surface area is 175 Å². The van der Waals surface area contributed by atoms with Crippen LogP contribution >= 0.6 is 11.8 Å². The molecule has 3 aromatic rings. The summed E-state index contributed by atoms with van der Waals surface area (Å²) in [4.78, 5) is 5.46. The third-order valence-electron chi connectivity index (χ3n) is 4.46. The fourth-order valence-electron chi connectivity index (χ4n) is 3.05. The number of alkyl halides is 1. The summed E-state index contributed by atoms with van der Waals surface area (Å²) in [5.41, 5.74) is 3.09. The summed E-state index contributed by atoms with van der Waals surface area (Å²) in [6.07, 6.45) is 6.40. The minimum absolute atomic E-state index is 0.196. The molecule has 0 spiro atoms. The Bertz CT molecular complexity index is 943. The molecular weight excluding hydrogens is 388 g/mol.